The minimum Gasteiger partial charge on any atom is -0.284 e. The van der Waals surface area contributed by atoms with Crippen LogP contribution in [0.4, 0.5) is 8.78 Å². The van der Waals surface area contributed by atoms with Crippen LogP contribution < -0.4 is 0 Å². The zero-order valence-electron chi connectivity index (χ0n) is 5.49. The summed E-state index contributed by atoms with van der Waals surface area (Å²) in [5, 5.41) is 0. The van der Waals surface area contributed by atoms with Crippen LogP contribution in [0.25, 0.3) is 0 Å². The van der Waals surface area contributed by atoms with Crippen LogP contribution in [0.15, 0.2) is 12.1 Å². The molecule has 0 aromatic heterocycles. The summed E-state index contributed by atoms with van der Waals surface area (Å²) in [7, 11) is 0. The number of aryl methyl sites for hydroxylation is 1. The first-order chi connectivity index (χ1) is 4.20. The fourth-order valence-corrected chi connectivity index (χ4v) is 0.547. The van der Waals surface area contributed by atoms with Crippen molar-refractivity contribution in [2.45, 2.75) is 6.92 Å². The quantitative estimate of drug-likeness (QED) is 0.582. The molecule has 0 aliphatic heterocycles. The van der Waals surface area contributed by atoms with Crippen molar-refractivity contribution in [2.24, 2.45) is 0 Å². The molecule has 0 amide bonds. The molecule has 51 valence electrons. The predicted octanol–water partition coefficient (Wildman–Crippen LogP) is 2.07. The summed E-state index contributed by atoms with van der Waals surface area (Å²) in [6, 6.07) is 4.20. The summed E-state index contributed by atoms with van der Waals surface area (Å²) < 4.78 is 24.4. The largest absolute Gasteiger partial charge is 0.284 e. The molecular weight excluding hydrogens is 211 g/mol. The van der Waals surface area contributed by atoms with E-state index in [1.54, 1.807) is 0 Å². The molecule has 0 aliphatic rings. The van der Waals surface area contributed by atoms with E-state index in [1.165, 1.54) is 6.92 Å². The first kappa shape index (κ1) is 10.2. The Hall–Kier alpha value is 0.184. The molecule has 0 saturated heterocycles. The zero-order valence-corrected chi connectivity index (χ0v) is 8.33. The van der Waals surface area contributed by atoms with Crippen molar-refractivity contribution in [1.29, 1.82) is 0 Å². The van der Waals surface area contributed by atoms with Crippen LogP contribution in [0.2, 0.25) is 0 Å². The van der Waals surface area contributed by atoms with Crippen molar-refractivity contribution in [3.8, 4) is 0 Å². The van der Waals surface area contributed by atoms with E-state index in [9.17, 15) is 8.78 Å². The Morgan fingerprint density at radius 3 is 2.40 bits per heavy atom. The number of halogens is 2. The van der Waals surface area contributed by atoms with Gasteiger partial charge in [-0.25, -0.2) is 4.39 Å². The van der Waals surface area contributed by atoms with Crippen molar-refractivity contribution < 1.29 is 41.5 Å². The Balaban J connectivity index is 0.000000810. The smallest absolute Gasteiger partial charge is 0.0118 e. The summed E-state index contributed by atoms with van der Waals surface area (Å²) in [4.78, 5) is 0. The van der Waals surface area contributed by atoms with Gasteiger partial charge < -0.3 is 0 Å². The summed E-state index contributed by atoms with van der Waals surface area (Å²) in [5.74, 6) is -0.940. The molecule has 0 bridgehead atoms. The van der Waals surface area contributed by atoms with Crippen molar-refractivity contribution in [3.63, 3.8) is 0 Å². The monoisotopic (exact) mass is 216 g/mol. The third kappa shape index (κ3) is 2.43. The van der Waals surface area contributed by atoms with Gasteiger partial charge in [-0.2, -0.15) is 0 Å². The fraction of sp³-hybridized carbons (Fsp3) is 0.143. The molecule has 0 fully saturated rings. The Bertz CT molecular complexity index is 223. The van der Waals surface area contributed by atoms with Crippen LogP contribution in [-0.2, 0) is 32.7 Å². The van der Waals surface area contributed by atoms with E-state index in [2.05, 4.69) is 6.07 Å². The van der Waals surface area contributed by atoms with Crippen molar-refractivity contribution >= 4 is 0 Å². The van der Waals surface area contributed by atoms with Gasteiger partial charge in [-0.3, -0.25) is 4.39 Å². The van der Waals surface area contributed by atoms with Crippen LogP contribution in [0, 0.1) is 24.6 Å². The molecule has 0 heterocycles. The number of benzene rings is 1. The van der Waals surface area contributed by atoms with E-state index in [4.69, 9.17) is 0 Å². The van der Waals surface area contributed by atoms with Gasteiger partial charge in [0, 0.05) is 44.3 Å². The van der Waals surface area contributed by atoms with E-state index in [1.807, 2.05) is 0 Å². The second-order valence-electron chi connectivity index (χ2n) is 1.81. The Labute approximate surface area is 83.5 Å². The van der Waals surface area contributed by atoms with Crippen LogP contribution >= 0.6 is 0 Å². The van der Waals surface area contributed by atoms with Crippen molar-refractivity contribution in [3.05, 3.63) is 35.4 Å². The van der Waals surface area contributed by atoms with Gasteiger partial charge in [-0.15, -0.1) is 23.8 Å². The average Bonchev–Trinajstić information content (AvgIpc) is 1.80. The number of hydrogen-bond donors (Lipinski definition) is 0. The van der Waals surface area contributed by atoms with E-state index in [-0.39, 0.29) is 32.7 Å². The maximum absolute atomic E-state index is 12.3. The summed E-state index contributed by atoms with van der Waals surface area (Å²) in [6.45, 7) is 1.51. The second kappa shape index (κ2) is 4.14. The third-order valence-electron chi connectivity index (χ3n) is 1.06. The van der Waals surface area contributed by atoms with Crippen LogP contribution in [0.1, 0.15) is 5.56 Å². The molecule has 1 aromatic carbocycles. The standard InChI is InChI=1S/C7H5F2.Y/c1-5-4-6(8)2-3-7(5)9;/h3-4H,1H3;/q-1;. The summed E-state index contributed by atoms with van der Waals surface area (Å²) in [6.07, 6.45) is 0. The topological polar surface area (TPSA) is 0 Å². The first-order valence-corrected chi connectivity index (χ1v) is 2.53. The number of rotatable bonds is 0. The Kier molecular flexibility index (Phi) is 4.22. The molecule has 10 heavy (non-hydrogen) atoms. The van der Waals surface area contributed by atoms with Crippen molar-refractivity contribution in [1.82, 2.24) is 0 Å². The molecule has 3 heteroatoms. The van der Waals surface area contributed by atoms with E-state index >= 15 is 0 Å². The zero-order chi connectivity index (χ0) is 6.85. The SMILES string of the molecule is Cc1cc(F)[c-]cc1F.[Y]. The Morgan fingerprint density at radius 1 is 1.40 bits per heavy atom. The molecule has 0 atom stereocenters. The van der Waals surface area contributed by atoms with Gasteiger partial charge in [-0.1, -0.05) is 6.92 Å². The summed E-state index contributed by atoms with van der Waals surface area (Å²) >= 11 is 0. The van der Waals surface area contributed by atoms with Crippen LogP contribution in [0.3, 0.4) is 0 Å². The van der Waals surface area contributed by atoms with E-state index in [0.717, 1.165) is 12.1 Å². The van der Waals surface area contributed by atoms with Gasteiger partial charge in [0.2, 0.25) is 0 Å². The molecule has 1 radical (unpaired) electrons. The van der Waals surface area contributed by atoms with E-state index < -0.39 is 11.6 Å². The minimum atomic E-state index is -0.520. The van der Waals surface area contributed by atoms with Gasteiger partial charge in [0.1, 0.15) is 0 Å². The normalized spacial score (nSPS) is 8.70. The molecule has 0 aliphatic carbocycles. The Morgan fingerprint density at radius 2 is 2.00 bits per heavy atom. The molecule has 0 saturated carbocycles. The first-order valence-electron chi connectivity index (χ1n) is 2.53. The van der Waals surface area contributed by atoms with Crippen molar-refractivity contribution in [2.75, 3.05) is 0 Å². The van der Waals surface area contributed by atoms with Gasteiger partial charge >= 0.3 is 0 Å². The second-order valence-corrected chi connectivity index (χ2v) is 1.81. The molecule has 0 nitrogen and oxygen atoms in total. The summed E-state index contributed by atoms with van der Waals surface area (Å²) in [5.41, 5.74) is 0.311. The van der Waals surface area contributed by atoms with E-state index in [0.29, 0.717) is 5.56 Å². The fourth-order valence-electron chi connectivity index (χ4n) is 0.547. The molecule has 0 unspecified atom stereocenters. The van der Waals surface area contributed by atoms with Gasteiger partial charge in [0.05, 0.1) is 0 Å². The average molecular weight is 216 g/mol. The van der Waals surface area contributed by atoms with Crippen LogP contribution in [0.5, 0.6) is 0 Å². The molecule has 1 rings (SSSR count). The van der Waals surface area contributed by atoms with Gasteiger partial charge in [0.25, 0.3) is 0 Å². The maximum atomic E-state index is 12.3. The molecular formula is C7H5F2Y-. The maximum Gasteiger partial charge on any atom is 0.0118 e. The number of hydrogen-bond acceptors (Lipinski definition) is 0. The van der Waals surface area contributed by atoms with Crippen LogP contribution in [-0.4, -0.2) is 0 Å². The molecule has 0 spiro atoms. The van der Waals surface area contributed by atoms with Gasteiger partial charge in [0.15, 0.2) is 0 Å². The molecule has 1 aromatic rings. The molecule has 0 N–H and O–H groups in total. The predicted molar refractivity (Wildman–Crippen MR) is 29.9 cm³/mol. The third-order valence-corrected chi connectivity index (χ3v) is 1.06. The minimum absolute atomic E-state index is 0. The van der Waals surface area contributed by atoms with Gasteiger partial charge in [-0.05, 0) is 0 Å².